The van der Waals surface area contributed by atoms with E-state index in [1.807, 2.05) is 5.38 Å². The molecule has 0 bridgehead atoms. The Hall–Kier alpha value is -2.26. The summed E-state index contributed by atoms with van der Waals surface area (Å²) in [5, 5.41) is 4.71. The summed E-state index contributed by atoms with van der Waals surface area (Å²) >= 11 is 7.37. The maximum absolute atomic E-state index is 14.1. The molecule has 0 aliphatic rings. The molecular weight excluding hydrogens is 411 g/mol. The average molecular weight is 425 g/mol. The zero-order chi connectivity index (χ0) is 19.4. The van der Waals surface area contributed by atoms with Gasteiger partial charge in [-0.2, -0.15) is 0 Å². The SMILES string of the molecule is O=C(Nc1ccccc1Cl)c1ccc(F)c(S(=O)(=O)NCc2cccs2)c1. The Bertz CT molecular complexity index is 1070. The predicted octanol–water partition coefficient (Wildman–Crippen LogP) is 4.27. The molecule has 140 valence electrons. The van der Waals surface area contributed by atoms with Crippen molar-refractivity contribution in [3.63, 3.8) is 0 Å². The Balaban J connectivity index is 1.83. The molecule has 0 radical (unpaired) electrons. The maximum atomic E-state index is 14.1. The quantitative estimate of drug-likeness (QED) is 0.620. The topological polar surface area (TPSA) is 75.3 Å². The normalized spacial score (nSPS) is 11.3. The van der Waals surface area contributed by atoms with Crippen molar-refractivity contribution in [2.45, 2.75) is 11.4 Å². The third-order valence-electron chi connectivity index (χ3n) is 3.62. The van der Waals surface area contributed by atoms with Gasteiger partial charge >= 0.3 is 0 Å². The fourth-order valence-corrected chi connectivity index (χ4v) is 4.29. The molecule has 0 unspecified atom stereocenters. The van der Waals surface area contributed by atoms with Crippen molar-refractivity contribution in [2.24, 2.45) is 0 Å². The standard InChI is InChI=1S/C18H14ClFN2O3S2/c19-14-5-1-2-6-16(14)22-18(23)12-7-8-15(20)17(10-12)27(24,25)21-11-13-4-3-9-26-13/h1-10,21H,11H2,(H,22,23). The lowest BCUT2D eigenvalue weighted by Gasteiger charge is -2.10. The van der Waals surface area contributed by atoms with Crippen LogP contribution < -0.4 is 10.0 Å². The van der Waals surface area contributed by atoms with Crippen LogP contribution in [0.1, 0.15) is 15.2 Å². The van der Waals surface area contributed by atoms with Gasteiger partial charge in [0.2, 0.25) is 10.0 Å². The monoisotopic (exact) mass is 424 g/mol. The molecule has 0 aliphatic heterocycles. The van der Waals surface area contributed by atoms with Crippen molar-refractivity contribution in [3.8, 4) is 0 Å². The highest BCUT2D eigenvalue weighted by atomic mass is 35.5. The summed E-state index contributed by atoms with van der Waals surface area (Å²) in [6.07, 6.45) is 0. The zero-order valence-electron chi connectivity index (χ0n) is 13.8. The first-order valence-corrected chi connectivity index (χ1v) is 10.5. The van der Waals surface area contributed by atoms with Crippen molar-refractivity contribution in [1.82, 2.24) is 4.72 Å². The van der Waals surface area contributed by atoms with E-state index in [2.05, 4.69) is 10.0 Å². The zero-order valence-corrected chi connectivity index (χ0v) is 16.2. The molecular formula is C18H14ClFN2O3S2. The highest BCUT2D eigenvalue weighted by Crippen LogP contribution is 2.22. The van der Waals surface area contributed by atoms with E-state index < -0.39 is 26.6 Å². The minimum Gasteiger partial charge on any atom is -0.321 e. The minimum atomic E-state index is -4.13. The van der Waals surface area contributed by atoms with Crippen LogP contribution in [0.15, 0.2) is 64.9 Å². The number of nitrogens with one attached hydrogen (secondary N) is 2. The molecule has 0 spiro atoms. The molecule has 0 aliphatic carbocycles. The number of hydrogen-bond acceptors (Lipinski definition) is 4. The highest BCUT2D eigenvalue weighted by molar-refractivity contribution is 7.89. The maximum Gasteiger partial charge on any atom is 0.255 e. The number of para-hydroxylation sites is 1. The van der Waals surface area contributed by atoms with Gasteiger partial charge in [0.25, 0.3) is 5.91 Å². The van der Waals surface area contributed by atoms with E-state index in [1.165, 1.54) is 17.4 Å². The summed E-state index contributed by atoms with van der Waals surface area (Å²) in [5.41, 5.74) is 0.363. The molecule has 0 atom stereocenters. The number of carbonyl (C=O) groups is 1. The molecule has 0 saturated heterocycles. The van der Waals surface area contributed by atoms with Gasteiger partial charge in [-0.15, -0.1) is 11.3 Å². The number of anilines is 1. The first kappa shape index (κ1) is 19.5. The van der Waals surface area contributed by atoms with Crippen molar-refractivity contribution in [2.75, 3.05) is 5.32 Å². The van der Waals surface area contributed by atoms with Crippen LogP contribution in [0.25, 0.3) is 0 Å². The van der Waals surface area contributed by atoms with Gasteiger partial charge in [-0.1, -0.05) is 29.8 Å². The second-order valence-corrected chi connectivity index (χ2v) is 8.66. The number of rotatable bonds is 6. The van der Waals surface area contributed by atoms with Crippen LogP contribution in [0.4, 0.5) is 10.1 Å². The third-order valence-corrected chi connectivity index (χ3v) is 6.24. The second kappa shape index (κ2) is 8.18. The van der Waals surface area contributed by atoms with Gasteiger partial charge in [-0.3, -0.25) is 4.79 Å². The summed E-state index contributed by atoms with van der Waals surface area (Å²) in [6, 6.07) is 13.3. The smallest absolute Gasteiger partial charge is 0.255 e. The number of halogens is 2. The molecule has 1 aromatic heterocycles. The van der Waals surface area contributed by atoms with Gasteiger partial charge < -0.3 is 5.32 Å². The molecule has 2 N–H and O–H groups in total. The van der Waals surface area contributed by atoms with E-state index in [1.54, 1.807) is 36.4 Å². The van der Waals surface area contributed by atoms with Gasteiger partial charge in [0, 0.05) is 17.0 Å². The van der Waals surface area contributed by atoms with Crippen LogP contribution >= 0.6 is 22.9 Å². The lowest BCUT2D eigenvalue weighted by atomic mass is 10.2. The fourth-order valence-electron chi connectivity index (χ4n) is 2.26. The summed E-state index contributed by atoms with van der Waals surface area (Å²) in [4.78, 5) is 12.6. The summed E-state index contributed by atoms with van der Waals surface area (Å²) in [5.74, 6) is -1.54. The Kier molecular flexibility index (Phi) is 5.91. The summed E-state index contributed by atoms with van der Waals surface area (Å²) in [6.45, 7) is 0.0372. The minimum absolute atomic E-state index is 0.00665. The molecule has 5 nitrogen and oxygen atoms in total. The van der Waals surface area contributed by atoms with Gasteiger partial charge in [-0.05, 0) is 41.8 Å². The van der Waals surface area contributed by atoms with Gasteiger partial charge in [0.1, 0.15) is 10.7 Å². The largest absolute Gasteiger partial charge is 0.321 e. The van der Waals surface area contributed by atoms with E-state index in [0.717, 1.165) is 17.0 Å². The molecule has 0 fully saturated rings. The first-order chi connectivity index (χ1) is 12.9. The number of hydrogen-bond donors (Lipinski definition) is 2. The van der Waals surface area contributed by atoms with E-state index in [9.17, 15) is 17.6 Å². The van der Waals surface area contributed by atoms with Crippen molar-refractivity contribution in [3.05, 3.63) is 81.3 Å². The third kappa shape index (κ3) is 4.72. The molecule has 3 aromatic rings. The molecule has 1 amide bonds. The highest BCUT2D eigenvalue weighted by Gasteiger charge is 2.21. The van der Waals surface area contributed by atoms with E-state index in [-0.39, 0.29) is 12.1 Å². The Labute approximate surface area is 164 Å². The Morgan fingerprint density at radius 2 is 1.89 bits per heavy atom. The van der Waals surface area contributed by atoms with Gasteiger partial charge in [-0.25, -0.2) is 17.5 Å². The van der Waals surface area contributed by atoms with Crippen molar-refractivity contribution >= 4 is 44.6 Å². The fraction of sp³-hybridized carbons (Fsp3) is 0.0556. The molecule has 0 saturated carbocycles. The average Bonchev–Trinajstić information content (AvgIpc) is 3.16. The number of amides is 1. The Morgan fingerprint density at radius 1 is 1.11 bits per heavy atom. The molecule has 2 aromatic carbocycles. The predicted molar refractivity (Wildman–Crippen MR) is 104 cm³/mol. The van der Waals surface area contributed by atoms with Crippen LogP contribution in [0.3, 0.4) is 0 Å². The van der Waals surface area contributed by atoms with Crippen LogP contribution in [0, 0.1) is 5.82 Å². The van der Waals surface area contributed by atoms with E-state index in [0.29, 0.717) is 10.7 Å². The van der Waals surface area contributed by atoms with Crippen LogP contribution in [0.2, 0.25) is 5.02 Å². The molecule has 3 rings (SSSR count). The Morgan fingerprint density at radius 3 is 2.59 bits per heavy atom. The second-order valence-electron chi connectivity index (χ2n) is 5.48. The molecule has 9 heteroatoms. The van der Waals surface area contributed by atoms with Crippen molar-refractivity contribution < 1.29 is 17.6 Å². The number of carbonyl (C=O) groups excluding carboxylic acids is 1. The molecule has 1 heterocycles. The van der Waals surface area contributed by atoms with E-state index in [4.69, 9.17) is 11.6 Å². The number of thiophene rings is 1. The van der Waals surface area contributed by atoms with E-state index >= 15 is 0 Å². The van der Waals surface area contributed by atoms with Crippen molar-refractivity contribution in [1.29, 1.82) is 0 Å². The summed E-state index contributed by atoms with van der Waals surface area (Å²) < 4.78 is 41.3. The number of benzene rings is 2. The van der Waals surface area contributed by atoms with Crippen LogP contribution in [-0.2, 0) is 16.6 Å². The van der Waals surface area contributed by atoms with Crippen LogP contribution in [0.5, 0.6) is 0 Å². The number of sulfonamides is 1. The first-order valence-electron chi connectivity index (χ1n) is 7.74. The summed E-state index contributed by atoms with van der Waals surface area (Å²) in [7, 11) is -4.13. The lowest BCUT2D eigenvalue weighted by molar-refractivity contribution is 0.102. The van der Waals surface area contributed by atoms with Crippen LogP contribution in [-0.4, -0.2) is 14.3 Å². The lowest BCUT2D eigenvalue weighted by Crippen LogP contribution is -2.24. The molecule has 27 heavy (non-hydrogen) atoms. The van der Waals surface area contributed by atoms with Gasteiger partial charge in [0.15, 0.2) is 0 Å². The van der Waals surface area contributed by atoms with Gasteiger partial charge in [0.05, 0.1) is 10.7 Å².